The zero-order valence-electron chi connectivity index (χ0n) is 11.6. The number of rotatable bonds is 5. The molecule has 0 N–H and O–H groups in total. The van der Waals surface area contributed by atoms with Crippen molar-refractivity contribution >= 4 is 18.0 Å². The van der Waals surface area contributed by atoms with Crippen LogP contribution in [0.15, 0.2) is 29.2 Å². The van der Waals surface area contributed by atoms with E-state index in [1.54, 1.807) is 11.8 Å². The molecule has 0 saturated carbocycles. The molecule has 104 valence electrons. The Morgan fingerprint density at radius 1 is 1.32 bits per heavy atom. The van der Waals surface area contributed by atoms with Crippen molar-refractivity contribution in [1.29, 1.82) is 0 Å². The van der Waals surface area contributed by atoms with Gasteiger partial charge in [-0.15, -0.1) is 11.8 Å². The monoisotopic (exact) mass is 279 g/mol. The summed E-state index contributed by atoms with van der Waals surface area (Å²) < 4.78 is 5.36. The second-order valence-corrected chi connectivity index (χ2v) is 5.98. The number of nitrogens with zero attached hydrogens (tertiary/aromatic N) is 1. The van der Waals surface area contributed by atoms with Gasteiger partial charge in [-0.1, -0.05) is 12.1 Å². The van der Waals surface area contributed by atoms with E-state index in [9.17, 15) is 4.79 Å². The van der Waals surface area contributed by atoms with E-state index in [0.717, 1.165) is 39.0 Å². The SMILES string of the molecule is CSc1ccc(C[C@@](C)(C=O)N2CCOCC2)cc1. The van der Waals surface area contributed by atoms with E-state index in [1.165, 1.54) is 10.5 Å². The predicted molar refractivity (Wildman–Crippen MR) is 78.8 cm³/mol. The molecule has 0 bridgehead atoms. The van der Waals surface area contributed by atoms with Crippen LogP contribution >= 0.6 is 11.8 Å². The van der Waals surface area contributed by atoms with Crippen LogP contribution in [0.3, 0.4) is 0 Å². The van der Waals surface area contributed by atoms with Gasteiger partial charge in [0.25, 0.3) is 0 Å². The minimum absolute atomic E-state index is 0.426. The minimum Gasteiger partial charge on any atom is -0.379 e. The number of carbonyl (C=O) groups is 1. The van der Waals surface area contributed by atoms with Crippen molar-refractivity contribution in [3.05, 3.63) is 29.8 Å². The van der Waals surface area contributed by atoms with Gasteiger partial charge in [0, 0.05) is 18.0 Å². The van der Waals surface area contributed by atoms with E-state index in [0.29, 0.717) is 0 Å². The molecule has 0 radical (unpaired) electrons. The fourth-order valence-corrected chi connectivity index (χ4v) is 2.87. The first-order valence-electron chi connectivity index (χ1n) is 6.60. The molecule has 0 spiro atoms. The molecule has 0 unspecified atom stereocenters. The van der Waals surface area contributed by atoms with Gasteiger partial charge in [0.2, 0.25) is 0 Å². The fraction of sp³-hybridized carbons (Fsp3) is 0.533. The molecule has 0 aliphatic carbocycles. The Hall–Kier alpha value is -0.840. The highest BCUT2D eigenvalue weighted by molar-refractivity contribution is 7.98. The fourth-order valence-electron chi connectivity index (χ4n) is 2.46. The van der Waals surface area contributed by atoms with Gasteiger partial charge in [0.1, 0.15) is 6.29 Å². The van der Waals surface area contributed by atoms with Crippen LogP contribution in [0, 0.1) is 0 Å². The lowest BCUT2D eigenvalue weighted by Crippen LogP contribution is -2.54. The molecule has 1 aliphatic rings. The zero-order valence-corrected chi connectivity index (χ0v) is 12.4. The molecule has 0 amide bonds. The number of morpholine rings is 1. The maximum Gasteiger partial charge on any atom is 0.140 e. The lowest BCUT2D eigenvalue weighted by atomic mass is 9.92. The third-order valence-electron chi connectivity index (χ3n) is 3.71. The van der Waals surface area contributed by atoms with Crippen molar-refractivity contribution < 1.29 is 9.53 Å². The number of carbonyl (C=O) groups excluding carboxylic acids is 1. The molecule has 1 aromatic rings. The Labute approximate surface area is 119 Å². The van der Waals surface area contributed by atoms with Crippen LogP contribution in [-0.2, 0) is 16.0 Å². The minimum atomic E-state index is -0.426. The molecule has 2 rings (SSSR count). The molecule has 3 nitrogen and oxygen atoms in total. The lowest BCUT2D eigenvalue weighted by molar-refractivity contribution is -0.120. The molecule has 1 saturated heterocycles. The lowest BCUT2D eigenvalue weighted by Gasteiger charge is -2.39. The first-order chi connectivity index (χ1) is 9.18. The second-order valence-electron chi connectivity index (χ2n) is 5.10. The van der Waals surface area contributed by atoms with Crippen molar-refractivity contribution in [2.45, 2.75) is 23.8 Å². The van der Waals surface area contributed by atoms with Crippen LogP contribution in [0.25, 0.3) is 0 Å². The Morgan fingerprint density at radius 2 is 1.95 bits per heavy atom. The van der Waals surface area contributed by atoms with E-state index in [-0.39, 0.29) is 0 Å². The van der Waals surface area contributed by atoms with E-state index in [4.69, 9.17) is 4.74 Å². The molecule has 1 fully saturated rings. The molecule has 1 aliphatic heterocycles. The second kappa shape index (κ2) is 6.55. The Bertz CT molecular complexity index is 415. The number of ether oxygens (including phenoxy) is 1. The summed E-state index contributed by atoms with van der Waals surface area (Å²) in [5.74, 6) is 0. The summed E-state index contributed by atoms with van der Waals surface area (Å²) in [6.07, 6.45) is 3.91. The van der Waals surface area contributed by atoms with Crippen LogP contribution in [0.4, 0.5) is 0 Å². The van der Waals surface area contributed by atoms with Gasteiger partial charge in [-0.2, -0.15) is 0 Å². The Morgan fingerprint density at radius 3 is 2.47 bits per heavy atom. The number of thioether (sulfide) groups is 1. The van der Waals surface area contributed by atoms with Gasteiger partial charge in [-0.05, 0) is 37.3 Å². The van der Waals surface area contributed by atoms with E-state index < -0.39 is 5.54 Å². The van der Waals surface area contributed by atoms with E-state index >= 15 is 0 Å². The Kier molecular flexibility index (Phi) is 5.02. The van der Waals surface area contributed by atoms with Crippen molar-refractivity contribution in [2.75, 3.05) is 32.6 Å². The molecule has 1 aromatic carbocycles. The summed E-state index contributed by atoms with van der Waals surface area (Å²) in [4.78, 5) is 15.0. The highest BCUT2D eigenvalue weighted by atomic mass is 32.2. The van der Waals surface area contributed by atoms with Gasteiger partial charge in [-0.3, -0.25) is 4.90 Å². The molecule has 1 atom stereocenters. The first kappa shape index (κ1) is 14.6. The van der Waals surface area contributed by atoms with Gasteiger partial charge < -0.3 is 9.53 Å². The van der Waals surface area contributed by atoms with E-state index in [2.05, 4.69) is 35.4 Å². The molecular formula is C15H21NO2S. The topological polar surface area (TPSA) is 29.5 Å². The quantitative estimate of drug-likeness (QED) is 0.611. The number of aldehydes is 1. The molecule has 4 heteroatoms. The third kappa shape index (κ3) is 3.59. The summed E-state index contributed by atoms with van der Waals surface area (Å²) in [5.41, 5.74) is 0.781. The standard InChI is InChI=1S/C15H21NO2S/c1-15(12-17,16-7-9-18-10-8-16)11-13-3-5-14(19-2)6-4-13/h3-6,12H,7-11H2,1-2H3/t15-/m0/s1. The van der Waals surface area contributed by atoms with Gasteiger partial charge in [-0.25, -0.2) is 0 Å². The Balaban J connectivity index is 2.09. The van der Waals surface area contributed by atoms with Crippen LogP contribution in [0.5, 0.6) is 0 Å². The number of benzene rings is 1. The smallest absolute Gasteiger partial charge is 0.140 e. The summed E-state index contributed by atoms with van der Waals surface area (Å²) in [7, 11) is 0. The highest BCUT2D eigenvalue weighted by Gasteiger charge is 2.32. The molecule has 0 aromatic heterocycles. The summed E-state index contributed by atoms with van der Waals surface area (Å²) in [5, 5.41) is 0. The van der Waals surface area contributed by atoms with Gasteiger partial charge >= 0.3 is 0 Å². The van der Waals surface area contributed by atoms with Crippen LogP contribution in [0.2, 0.25) is 0 Å². The molecular weight excluding hydrogens is 258 g/mol. The van der Waals surface area contributed by atoms with Crippen LogP contribution < -0.4 is 0 Å². The zero-order chi connectivity index (χ0) is 13.7. The van der Waals surface area contributed by atoms with Gasteiger partial charge in [0.05, 0.1) is 18.8 Å². The number of hydrogen-bond donors (Lipinski definition) is 0. The predicted octanol–water partition coefficient (Wildman–Crippen LogP) is 2.24. The van der Waals surface area contributed by atoms with Crippen molar-refractivity contribution in [1.82, 2.24) is 4.90 Å². The first-order valence-corrected chi connectivity index (χ1v) is 7.82. The average Bonchev–Trinajstić information content (AvgIpc) is 2.49. The molecule has 1 heterocycles. The van der Waals surface area contributed by atoms with Crippen molar-refractivity contribution in [3.8, 4) is 0 Å². The summed E-state index contributed by atoms with van der Waals surface area (Å²) >= 11 is 1.73. The van der Waals surface area contributed by atoms with Gasteiger partial charge in [0.15, 0.2) is 0 Å². The summed E-state index contributed by atoms with van der Waals surface area (Å²) in [6, 6.07) is 8.47. The highest BCUT2D eigenvalue weighted by Crippen LogP contribution is 2.22. The third-order valence-corrected chi connectivity index (χ3v) is 4.45. The normalized spacial score (nSPS) is 19.9. The average molecular weight is 279 g/mol. The largest absolute Gasteiger partial charge is 0.379 e. The summed E-state index contributed by atoms with van der Waals surface area (Å²) in [6.45, 7) is 5.12. The molecule has 19 heavy (non-hydrogen) atoms. The van der Waals surface area contributed by atoms with Crippen LogP contribution in [0.1, 0.15) is 12.5 Å². The number of hydrogen-bond acceptors (Lipinski definition) is 4. The van der Waals surface area contributed by atoms with Crippen molar-refractivity contribution in [3.63, 3.8) is 0 Å². The van der Waals surface area contributed by atoms with E-state index in [1.807, 2.05) is 6.92 Å². The van der Waals surface area contributed by atoms with Crippen LogP contribution in [-0.4, -0.2) is 49.3 Å². The maximum absolute atomic E-state index is 11.6. The van der Waals surface area contributed by atoms with Crippen molar-refractivity contribution in [2.24, 2.45) is 0 Å². The maximum atomic E-state index is 11.6.